The Morgan fingerprint density at radius 3 is 2.62 bits per heavy atom. The van der Waals surface area contributed by atoms with Gasteiger partial charge in [0.1, 0.15) is 5.82 Å². The number of piperidine rings is 1. The summed E-state index contributed by atoms with van der Waals surface area (Å²) in [5.41, 5.74) is 1.67. The number of urea groups is 1. The van der Waals surface area contributed by atoms with Crippen molar-refractivity contribution < 1.29 is 23.9 Å². The third-order valence-electron chi connectivity index (χ3n) is 4.79. The fourth-order valence-electron chi connectivity index (χ4n) is 3.22. The highest BCUT2D eigenvalue weighted by atomic mass is 19.1. The van der Waals surface area contributed by atoms with Crippen molar-refractivity contribution in [2.24, 2.45) is 5.92 Å². The van der Waals surface area contributed by atoms with E-state index in [1.807, 2.05) is 6.07 Å². The topological polar surface area (TPSA) is 98.7 Å². The lowest BCUT2D eigenvalue weighted by Crippen LogP contribution is -2.46. The van der Waals surface area contributed by atoms with Gasteiger partial charge in [-0.15, -0.1) is 0 Å². The summed E-state index contributed by atoms with van der Waals surface area (Å²) in [6.45, 7) is 0.978. The fraction of sp³-hybridized carbons (Fsp3) is 0.286. The SMILES string of the molecule is O=C(Nc1cccc(CNC(=O)N2CCCC(C(=O)O)C2)c1)c1ccc(F)cc1. The van der Waals surface area contributed by atoms with Gasteiger partial charge >= 0.3 is 12.0 Å². The van der Waals surface area contributed by atoms with Gasteiger partial charge in [-0.3, -0.25) is 9.59 Å². The number of nitrogens with zero attached hydrogens (tertiary/aromatic N) is 1. The van der Waals surface area contributed by atoms with Crippen LogP contribution < -0.4 is 10.6 Å². The zero-order chi connectivity index (χ0) is 20.8. The molecule has 3 rings (SSSR count). The minimum atomic E-state index is -0.882. The second kappa shape index (κ2) is 9.18. The summed E-state index contributed by atoms with van der Waals surface area (Å²) in [6, 6.07) is 11.9. The highest BCUT2D eigenvalue weighted by Crippen LogP contribution is 2.17. The Hall–Kier alpha value is -3.42. The Balaban J connectivity index is 1.55. The molecule has 0 aromatic heterocycles. The van der Waals surface area contributed by atoms with Crippen LogP contribution in [0.1, 0.15) is 28.8 Å². The van der Waals surface area contributed by atoms with E-state index in [1.165, 1.54) is 29.2 Å². The molecule has 0 bridgehead atoms. The third kappa shape index (κ3) is 5.54. The lowest BCUT2D eigenvalue weighted by atomic mass is 9.99. The predicted octanol–water partition coefficient (Wildman–Crippen LogP) is 3.08. The number of aliphatic carboxylic acids is 1. The molecular formula is C21H22FN3O4. The molecule has 3 amide bonds. The molecular weight excluding hydrogens is 377 g/mol. The van der Waals surface area contributed by atoms with Crippen LogP contribution in [-0.4, -0.2) is 41.0 Å². The molecule has 1 aliphatic heterocycles. The van der Waals surface area contributed by atoms with Crippen LogP contribution in [0.2, 0.25) is 0 Å². The maximum absolute atomic E-state index is 13.0. The number of anilines is 1. The van der Waals surface area contributed by atoms with Crippen molar-refractivity contribution in [2.75, 3.05) is 18.4 Å². The van der Waals surface area contributed by atoms with Gasteiger partial charge in [-0.05, 0) is 54.8 Å². The van der Waals surface area contributed by atoms with Crippen LogP contribution in [0.5, 0.6) is 0 Å². The van der Waals surface area contributed by atoms with Gasteiger partial charge in [0.05, 0.1) is 5.92 Å². The van der Waals surface area contributed by atoms with Gasteiger partial charge < -0.3 is 20.6 Å². The number of carbonyl (C=O) groups is 3. The van der Waals surface area contributed by atoms with E-state index < -0.39 is 17.7 Å². The first-order valence-corrected chi connectivity index (χ1v) is 9.34. The lowest BCUT2D eigenvalue weighted by molar-refractivity contribution is -0.143. The molecule has 0 radical (unpaired) electrons. The van der Waals surface area contributed by atoms with E-state index in [9.17, 15) is 18.8 Å². The minimum Gasteiger partial charge on any atom is -0.481 e. The van der Waals surface area contributed by atoms with Crippen molar-refractivity contribution in [3.8, 4) is 0 Å². The number of carboxylic acids is 1. The molecule has 0 spiro atoms. The monoisotopic (exact) mass is 399 g/mol. The largest absolute Gasteiger partial charge is 0.481 e. The van der Waals surface area contributed by atoms with Crippen molar-refractivity contribution >= 4 is 23.6 Å². The average Bonchev–Trinajstić information content (AvgIpc) is 2.73. The van der Waals surface area contributed by atoms with Crippen LogP contribution in [-0.2, 0) is 11.3 Å². The summed E-state index contributed by atoms with van der Waals surface area (Å²) in [5.74, 6) is -2.19. The molecule has 3 N–H and O–H groups in total. The second-order valence-corrected chi connectivity index (χ2v) is 6.94. The van der Waals surface area contributed by atoms with Gasteiger partial charge in [0.15, 0.2) is 0 Å². The average molecular weight is 399 g/mol. The first-order valence-electron chi connectivity index (χ1n) is 9.34. The maximum atomic E-state index is 13.0. The molecule has 1 heterocycles. The Labute approximate surface area is 167 Å². The lowest BCUT2D eigenvalue weighted by Gasteiger charge is -2.30. The van der Waals surface area contributed by atoms with Crippen molar-refractivity contribution in [3.63, 3.8) is 0 Å². The first kappa shape index (κ1) is 20.3. The van der Waals surface area contributed by atoms with Gasteiger partial charge in [-0.2, -0.15) is 0 Å². The summed E-state index contributed by atoms with van der Waals surface area (Å²) in [6.07, 6.45) is 1.24. The number of halogens is 1. The standard InChI is InChI=1S/C21H22FN3O4/c22-17-8-6-15(7-9-17)19(26)24-18-5-1-3-14(11-18)12-23-21(29)25-10-2-4-16(13-25)20(27)28/h1,3,5-9,11,16H,2,4,10,12-13H2,(H,23,29)(H,24,26)(H,27,28). The Bertz CT molecular complexity index is 901. The molecule has 0 aliphatic carbocycles. The molecule has 1 saturated heterocycles. The van der Waals surface area contributed by atoms with Crippen molar-refractivity contribution in [1.29, 1.82) is 0 Å². The molecule has 2 aromatic rings. The van der Waals surface area contributed by atoms with E-state index in [0.717, 1.165) is 5.56 Å². The van der Waals surface area contributed by atoms with Crippen LogP contribution in [0, 0.1) is 11.7 Å². The van der Waals surface area contributed by atoms with Crippen LogP contribution in [0.25, 0.3) is 0 Å². The molecule has 1 fully saturated rings. The summed E-state index contributed by atoms with van der Waals surface area (Å²) in [4.78, 5) is 37.2. The highest BCUT2D eigenvalue weighted by molar-refractivity contribution is 6.04. The van der Waals surface area contributed by atoms with E-state index in [2.05, 4.69) is 10.6 Å². The van der Waals surface area contributed by atoms with Gasteiger partial charge in [-0.25, -0.2) is 9.18 Å². The number of amides is 3. The summed E-state index contributed by atoms with van der Waals surface area (Å²) in [7, 11) is 0. The Morgan fingerprint density at radius 1 is 1.14 bits per heavy atom. The van der Waals surface area contributed by atoms with Crippen molar-refractivity contribution in [2.45, 2.75) is 19.4 Å². The molecule has 2 aromatic carbocycles. The first-order chi connectivity index (χ1) is 13.9. The number of carboxylic acid groups (broad SMARTS) is 1. The summed E-state index contributed by atoms with van der Waals surface area (Å²) < 4.78 is 13.0. The molecule has 1 atom stereocenters. The van der Waals surface area contributed by atoms with Crippen LogP contribution in [0.15, 0.2) is 48.5 Å². The van der Waals surface area contributed by atoms with E-state index in [-0.39, 0.29) is 25.0 Å². The number of rotatable bonds is 5. The molecule has 152 valence electrons. The summed E-state index contributed by atoms with van der Waals surface area (Å²) >= 11 is 0. The highest BCUT2D eigenvalue weighted by Gasteiger charge is 2.27. The van der Waals surface area contributed by atoms with E-state index in [4.69, 9.17) is 5.11 Å². The predicted molar refractivity (Wildman–Crippen MR) is 105 cm³/mol. The second-order valence-electron chi connectivity index (χ2n) is 6.94. The third-order valence-corrected chi connectivity index (χ3v) is 4.79. The zero-order valence-electron chi connectivity index (χ0n) is 15.7. The molecule has 8 heteroatoms. The van der Waals surface area contributed by atoms with Gasteiger partial charge in [0, 0.05) is 30.9 Å². The normalized spacial score (nSPS) is 16.2. The van der Waals surface area contributed by atoms with Crippen molar-refractivity contribution in [1.82, 2.24) is 10.2 Å². The number of hydrogen-bond donors (Lipinski definition) is 3. The van der Waals surface area contributed by atoms with Gasteiger partial charge in [0.25, 0.3) is 5.91 Å². The maximum Gasteiger partial charge on any atom is 0.317 e. The molecule has 7 nitrogen and oxygen atoms in total. The summed E-state index contributed by atoms with van der Waals surface area (Å²) in [5, 5.41) is 14.7. The quantitative estimate of drug-likeness (QED) is 0.720. The van der Waals surface area contributed by atoms with Crippen LogP contribution in [0.3, 0.4) is 0 Å². The number of benzene rings is 2. The minimum absolute atomic E-state index is 0.203. The van der Waals surface area contributed by atoms with E-state index in [1.54, 1.807) is 18.2 Å². The zero-order valence-corrected chi connectivity index (χ0v) is 15.7. The Morgan fingerprint density at radius 2 is 1.90 bits per heavy atom. The van der Waals surface area contributed by atoms with Crippen LogP contribution in [0.4, 0.5) is 14.9 Å². The molecule has 29 heavy (non-hydrogen) atoms. The van der Waals surface area contributed by atoms with Gasteiger partial charge in [-0.1, -0.05) is 12.1 Å². The van der Waals surface area contributed by atoms with Crippen molar-refractivity contribution in [3.05, 3.63) is 65.5 Å². The molecule has 1 unspecified atom stereocenters. The number of likely N-dealkylation sites (tertiary alicyclic amines) is 1. The molecule has 1 aliphatic rings. The van der Waals surface area contributed by atoms with E-state index in [0.29, 0.717) is 30.6 Å². The smallest absolute Gasteiger partial charge is 0.317 e. The fourth-order valence-corrected chi connectivity index (χ4v) is 3.22. The van der Waals surface area contributed by atoms with Gasteiger partial charge in [0.2, 0.25) is 0 Å². The number of carbonyl (C=O) groups excluding carboxylic acids is 2. The number of nitrogens with one attached hydrogen (secondary N) is 2. The van der Waals surface area contributed by atoms with Crippen LogP contribution >= 0.6 is 0 Å². The van der Waals surface area contributed by atoms with E-state index >= 15 is 0 Å². The Kier molecular flexibility index (Phi) is 6.43. The molecule has 0 saturated carbocycles. The number of hydrogen-bond acceptors (Lipinski definition) is 3.